The first-order valence-electron chi connectivity index (χ1n) is 5.05. The van der Waals surface area contributed by atoms with E-state index >= 15 is 0 Å². The Morgan fingerprint density at radius 2 is 2.00 bits per heavy atom. The Hall–Kier alpha value is -0.350. The van der Waals surface area contributed by atoms with Crippen molar-refractivity contribution in [2.45, 2.75) is 13.8 Å². The fraction of sp³-hybridized carbons (Fsp3) is 0.417. The summed E-state index contributed by atoms with van der Waals surface area (Å²) >= 11 is 6.80. The summed E-state index contributed by atoms with van der Waals surface area (Å²) in [6.07, 6.45) is 0. The summed E-state index contributed by atoms with van der Waals surface area (Å²) in [4.78, 5) is 11.9. The molecule has 1 amide bonds. The predicted octanol–water partition coefficient (Wildman–Crippen LogP) is 3.60. The lowest BCUT2D eigenvalue weighted by molar-refractivity contribution is 0.0939. The summed E-state index contributed by atoms with van der Waals surface area (Å²) in [5.74, 6) is -0.0403. The van der Waals surface area contributed by atoms with Crippen molar-refractivity contribution in [2.75, 3.05) is 11.9 Å². The highest BCUT2D eigenvalue weighted by Crippen LogP contribution is 2.18. The third-order valence-corrected chi connectivity index (χ3v) is 4.42. The number of rotatable bonds is 4. The zero-order valence-electron chi connectivity index (χ0n) is 9.39. The van der Waals surface area contributed by atoms with Crippen LogP contribution in [0.5, 0.6) is 0 Å². The Labute approximate surface area is 113 Å². The average molecular weight is 349 g/mol. The van der Waals surface area contributed by atoms with Crippen molar-refractivity contribution in [1.29, 1.82) is 0 Å². The van der Waals surface area contributed by atoms with E-state index in [0.717, 1.165) is 9.80 Å². The molecule has 0 aliphatic carbocycles. The summed E-state index contributed by atoms with van der Waals surface area (Å²) in [5.41, 5.74) is 0.740. The van der Waals surface area contributed by atoms with Crippen LogP contribution in [-0.4, -0.2) is 17.8 Å². The van der Waals surface area contributed by atoms with Crippen molar-refractivity contribution < 1.29 is 4.79 Å². The highest BCUT2D eigenvalue weighted by Gasteiger charge is 2.18. The van der Waals surface area contributed by atoms with Crippen LogP contribution in [0.1, 0.15) is 24.2 Å². The van der Waals surface area contributed by atoms with E-state index in [-0.39, 0.29) is 11.3 Å². The summed E-state index contributed by atoms with van der Waals surface area (Å²) in [6, 6.07) is 7.42. The van der Waals surface area contributed by atoms with E-state index in [2.05, 4.69) is 51.0 Å². The summed E-state index contributed by atoms with van der Waals surface area (Å²) in [5, 5.41) is 3.79. The number of hydrogen-bond acceptors (Lipinski definition) is 1. The molecule has 1 aromatic rings. The number of carbonyl (C=O) groups excluding carboxylic acids is 1. The molecule has 0 bridgehead atoms. The van der Waals surface area contributed by atoms with Crippen LogP contribution >= 0.6 is 31.9 Å². The minimum Gasteiger partial charge on any atom is -0.351 e. The quantitative estimate of drug-likeness (QED) is 0.827. The molecule has 16 heavy (non-hydrogen) atoms. The molecule has 1 N–H and O–H groups in total. The Balaban J connectivity index is 2.64. The van der Waals surface area contributed by atoms with Gasteiger partial charge < -0.3 is 5.32 Å². The number of nitrogens with one attached hydrogen (secondary N) is 1. The van der Waals surface area contributed by atoms with Crippen LogP contribution in [0.25, 0.3) is 0 Å². The second kappa shape index (κ2) is 5.82. The van der Waals surface area contributed by atoms with Gasteiger partial charge in [-0.15, -0.1) is 0 Å². The maximum absolute atomic E-state index is 11.9. The molecule has 0 saturated heterocycles. The van der Waals surface area contributed by atoms with Gasteiger partial charge in [0, 0.05) is 16.3 Å². The maximum Gasteiger partial charge on any atom is 0.252 e. The standard InChI is InChI=1S/C12H15Br2NO/c1-12(2,7-13)8-15-11(16)9-5-3-4-6-10(9)14/h3-6H,7-8H2,1-2H3,(H,15,16). The summed E-state index contributed by atoms with van der Waals surface area (Å²) < 4.78 is 0.823. The van der Waals surface area contributed by atoms with Gasteiger partial charge in [0.25, 0.3) is 5.91 Å². The van der Waals surface area contributed by atoms with Crippen molar-refractivity contribution in [3.8, 4) is 0 Å². The number of carbonyl (C=O) groups is 1. The van der Waals surface area contributed by atoms with Gasteiger partial charge in [0.1, 0.15) is 0 Å². The Bertz CT molecular complexity index is 377. The molecular formula is C12H15Br2NO. The summed E-state index contributed by atoms with van der Waals surface area (Å²) in [6.45, 7) is 4.85. The molecule has 0 radical (unpaired) electrons. The minimum absolute atomic E-state index is 0.0403. The fourth-order valence-electron chi connectivity index (χ4n) is 1.11. The number of benzene rings is 1. The minimum atomic E-state index is -0.0403. The zero-order chi connectivity index (χ0) is 12.2. The van der Waals surface area contributed by atoms with Crippen LogP contribution in [-0.2, 0) is 0 Å². The molecule has 2 nitrogen and oxygen atoms in total. The van der Waals surface area contributed by atoms with Crippen LogP contribution < -0.4 is 5.32 Å². The largest absolute Gasteiger partial charge is 0.351 e. The first kappa shape index (κ1) is 13.7. The average Bonchev–Trinajstić information content (AvgIpc) is 2.27. The van der Waals surface area contributed by atoms with Crippen molar-refractivity contribution in [3.63, 3.8) is 0 Å². The SMILES string of the molecule is CC(C)(CBr)CNC(=O)c1ccccc1Br. The number of hydrogen-bond donors (Lipinski definition) is 1. The van der Waals surface area contributed by atoms with Crippen molar-refractivity contribution in [2.24, 2.45) is 5.41 Å². The van der Waals surface area contributed by atoms with Gasteiger partial charge in [0.05, 0.1) is 5.56 Å². The lowest BCUT2D eigenvalue weighted by Gasteiger charge is -2.22. The van der Waals surface area contributed by atoms with E-state index in [4.69, 9.17) is 0 Å². The number of amides is 1. The molecule has 4 heteroatoms. The molecule has 1 aromatic carbocycles. The molecule has 0 fully saturated rings. The lowest BCUT2D eigenvalue weighted by Crippen LogP contribution is -2.35. The van der Waals surface area contributed by atoms with Crippen LogP contribution in [0.2, 0.25) is 0 Å². The molecule has 0 aliphatic heterocycles. The van der Waals surface area contributed by atoms with Gasteiger partial charge in [-0.25, -0.2) is 0 Å². The highest BCUT2D eigenvalue weighted by atomic mass is 79.9. The molecule has 0 atom stereocenters. The van der Waals surface area contributed by atoms with Crippen molar-refractivity contribution in [1.82, 2.24) is 5.32 Å². The van der Waals surface area contributed by atoms with Gasteiger partial charge in [-0.3, -0.25) is 4.79 Å². The van der Waals surface area contributed by atoms with Gasteiger partial charge in [-0.1, -0.05) is 41.9 Å². The van der Waals surface area contributed by atoms with E-state index in [1.165, 1.54) is 0 Å². The van der Waals surface area contributed by atoms with Crippen LogP contribution in [0.4, 0.5) is 0 Å². The summed E-state index contributed by atoms with van der Waals surface area (Å²) in [7, 11) is 0. The number of halogens is 2. The van der Waals surface area contributed by atoms with Gasteiger partial charge in [-0.05, 0) is 33.5 Å². The van der Waals surface area contributed by atoms with Crippen molar-refractivity contribution >= 4 is 37.8 Å². The highest BCUT2D eigenvalue weighted by molar-refractivity contribution is 9.10. The third-order valence-electron chi connectivity index (χ3n) is 2.21. The molecular weight excluding hydrogens is 334 g/mol. The van der Waals surface area contributed by atoms with Gasteiger partial charge in [0.15, 0.2) is 0 Å². The first-order chi connectivity index (χ1) is 7.46. The molecule has 0 spiro atoms. The predicted molar refractivity (Wildman–Crippen MR) is 74.1 cm³/mol. The van der Waals surface area contributed by atoms with Gasteiger partial charge in [0.2, 0.25) is 0 Å². The van der Waals surface area contributed by atoms with Crippen molar-refractivity contribution in [3.05, 3.63) is 34.3 Å². The zero-order valence-corrected chi connectivity index (χ0v) is 12.6. The third kappa shape index (κ3) is 3.91. The normalized spacial score (nSPS) is 11.2. The second-order valence-corrected chi connectivity index (χ2v) is 5.88. The first-order valence-corrected chi connectivity index (χ1v) is 6.96. The van der Waals surface area contributed by atoms with E-state index in [0.29, 0.717) is 12.1 Å². The molecule has 1 rings (SSSR count). The lowest BCUT2D eigenvalue weighted by atomic mass is 9.97. The Morgan fingerprint density at radius 3 is 2.56 bits per heavy atom. The fourth-order valence-corrected chi connectivity index (χ4v) is 1.77. The molecule has 0 saturated carbocycles. The van der Waals surface area contributed by atoms with Gasteiger partial charge >= 0.3 is 0 Å². The molecule has 0 unspecified atom stereocenters. The van der Waals surface area contributed by atoms with Crippen LogP contribution in [0.15, 0.2) is 28.7 Å². The van der Waals surface area contributed by atoms with E-state index in [1.807, 2.05) is 18.2 Å². The van der Waals surface area contributed by atoms with E-state index in [1.54, 1.807) is 6.07 Å². The topological polar surface area (TPSA) is 29.1 Å². The van der Waals surface area contributed by atoms with Crippen LogP contribution in [0.3, 0.4) is 0 Å². The van der Waals surface area contributed by atoms with E-state index < -0.39 is 0 Å². The second-order valence-electron chi connectivity index (χ2n) is 4.46. The monoisotopic (exact) mass is 347 g/mol. The Kier molecular flexibility index (Phi) is 4.99. The maximum atomic E-state index is 11.9. The van der Waals surface area contributed by atoms with E-state index in [9.17, 15) is 4.79 Å². The molecule has 88 valence electrons. The molecule has 0 aliphatic rings. The van der Waals surface area contributed by atoms with Gasteiger partial charge in [-0.2, -0.15) is 0 Å². The Morgan fingerprint density at radius 1 is 1.38 bits per heavy atom. The number of alkyl halides is 1. The van der Waals surface area contributed by atoms with Crippen LogP contribution in [0, 0.1) is 5.41 Å². The molecule has 0 heterocycles. The smallest absolute Gasteiger partial charge is 0.252 e. The molecule has 0 aromatic heterocycles.